The first-order valence-electron chi connectivity index (χ1n) is 5.87. The van der Waals surface area contributed by atoms with Crippen LogP contribution < -0.4 is 0 Å². The van der Waals surface area contributed by atoms with Gasteiger partial charge in [0.15, 0.2) is 0 Å². The van der Waals surface area contributed by atoms with Crippen LogP contribution in [0.25, 0.3) is 0 Å². The number of hydrogen-bond donors (Lipinski definition) is 1. The monoisotopic (exact) mass is 250 g/mol. The van der Waals surface area contributed by atoms with Gasteiger partial charge in [-0.2, -0.15) is 0 Å². The lowest BCUT2D eigenvalue weighted by atomic mass is 10.1. The molecule has 1 aliphatic heterocycles. The molecular weight excluding hydrogens is 235 g/mol. The number of likely N-dealkylation sites (tertiary alicyclic amines) is 1. The predicted octanol–water partition coefficient (Wildman–Crippen LogP) is 2.20. The lowest BCUT2D eigenvalue weighted by molar-refractivity contribution is 0.0749. The molecule has 1 fully saturated rings. The van der Waals surface area contributed by atoms with Crippen LogP contribution >= 0.6 is 0 Å². The highest BCUT2D eigenvalue weighted by molar-refractivity contribution is 5.96. The number of carbonyl (C=O) groups excluding carboxylic acids is 1. The Balaban J connectivity index is 2.12. The smallest absolute Gasteiger partial charge is 0.256 e. The first-order valence-corrected chi connectivity index (χ1v) is 5.87. The minimum atomic E-state index is -0.485. The fourth-order valence-electron chi connectivity index (χ4n) is 2.03. The Morgan fingerprint density at radius 3 is 2.61 bits per heavy atom. The van der Waals surface area contributed by atoms with E-state index in [0.717, 1.165) is 5.56 Å². The Hall–Kier alpha value is -1.91. The molecule has 18 heavy (non-hydrogen) atoms. The van der Waals surface area contributed by atoms with Gasteiger partial charge in [-0.3, -0.25) is 4.79 Å². The molecule has 1 aromatic rings. The summed E-state index contributed by atoms with van der Waals surface area (Å²) in [5.41, 5.74) is 1.57. The molecule has 96 valence electrons. The van der Waals surface area contributed by atoms with Crippen LogP contribution in [0.3, 0.4) is 0 Å². The molecule has 2 rings (SSSR count). The SMILES string of the molecule is Cc1ccc(C(=O)N2CCC(=NO)CC2)c(F)c1. The summed E-state index contributed by atoms with van der Waals surface area (Å²) in [6.07, 6.45) is 1.07. The molecule has 5 heteroatoms. The van der Waals surface area contributed by atoms with Crippen LogP contribution in [-0.4, -0.2) is 34.8 Å². The minimum absolute atomic E-state index is 0.102. The van der Waals surface area contributed by atoms with Crippen LogP contribution in [0.5, 0.6) is 0 Å². The summed E-state index contributed by atoms with van der Waals surface area (Å²) in [5, 5.41) is 11.8. The first-order chi connectivity index (χ1) is 8.61. The van der Waals surface area contributed by atoms with E-state index in [1.165, 1.54) is 12.1 Å². The van der Waals surface area contributed by atoms with Crippen molar-refractivity contribution in [3.8, 4) is 0 Å². The molecule has 0 spiro atoms. The maximum absolute atomic E-state index is 13.7. The number of amides is 1. The van der Waals surface area contributed by atoms with Crippen molar-refractivity contribution in [2.45, 2.75) is 19.8 Å². The molecule has 1 heterocycles. The van der Waals surface area contributed by atoms with Crippen LogP contribution in [-0.2, 0) is 0 Å². The Kier molecular flexibility index (Phi) is 3.60. The van der Waals surface area contributed by atoms with Gasteiger partial charge >= 0.3 is 0 Å². The van der Waals surface area contributed by atoms with Crippen molar-refractivity contribution in [1.29, 1.82) is 0 Å². The first kappa shape index (κ1) is 12.5. The van der Waals surface area contributed by atoms with E-state index in [-0.39, 0.29) is 11.5 Å². The number of oxime groups is 1. The van der Waals surface area contributed by atoms with Gasteiger partial charge in [-0.1, -0.05) is 11.2 Å². The highest BCUT2D eigenvalue weighted by atomic mass is 19.1. The second-order valence-corrected chi connectivity index (χ2v) is 4.44. The molecule has 0 radical (unpaired) electrons. The number of benzene rings is 1. The van der Waals surface area contributed by atoms with E-state index in [2.05, 4.69) is 5.16 Å². The number of aryl methyl sites for hydroxylation is 1. The van der Waals surface area contributed by atoms with Crippen molar-refractivity contribution in [3.05, 3.63) is 35.1 Å². The van der Waals surface area contributed by atoms with Gasteiger partial charge in [-0.25, -0.2) is 4.39 Å². The summed E-state index contributed by atoms with van der Waals surface area (Å²) in [4.78, 5) is 13.7. The number of hydrogen-bond acceptors (Lipinski definition) is 3. The average molecular weight is 250 g/mol. The third kappa shape index (κ3) is 2.50. The van der Waals surface area contributed by atoms with Crippen LogP contribution in [0.4, 0.5) is 4.39 Å². The molecule has 1 aromatic carbocycles. The fourth-order valence-corrected chi connectivity index (χ4v) is 2.03. The van der Waals surface area contributed by atoms with E-state index >= 15 is 0 Å². The quantitative estimate of drug-likeness (QED) is 0.613. The number of halogens is 1. The zero-order valence-corrected chi connectivity index (χ0v) is 10.2. The van der Waals surface area contributed by atoms with E-state index < -0.39 is 5.82 Å². The Morgan fingerprint density at radius 2 is 2.06 bits per heavy atom. The second kappa shape index (κ2) is 5.16. The zero-order chi connectivity index (χ0) is 13.1. The van der Waals surface area contributed by atoms with Gasteiger partial charge in [-0.15, -0.1) is 0 Å². The molecule has 0 bridgehead atoms. The zero-order valence-electron chi connectivity index (χ0n) is 10.2. The normalized spacial score (nSPS) is 15.7. The number of piperidine rings is 1. The van der Waals surface area contributed by atoms with Gasteiger partial charge in [0, 0.05) is 25.9 Å². The van der Waals surface area contributed by atoms with Crippen molar-refractivity contribution in [3.63, 3.8) is 0 Å². The van der Waals surface area contributed by atoms with Crippen LogP contribution in [0.15, 0.2) is 23.4 Å². The summed E-state index contributed by atoms with van der Waals surface area (Å²) in [6.45, 7) is 2.71. The molecule has 1 aliphatic rings. The van der Waals surface area contributed by atoms with Gasteiger partial charge in [0.2, 0.25) is 0 Å². The third-order valence-electron chi connectivity index (χ3n) is 3.12. The number of nitrogens with zero attached hydrogens (tertiary/aromatic N) is 2. The van der Waals surface area contributed by atoms with Gasteiger partial charge in [0.25, 0.3) is 5.91 Å². The van der Waals surface area contributed by atoms with Crippen molar-refractivity contribution in [2.24, 2.45) is 5.16 Å². The molecule has 0 saturated carbocycles. The molecule has 4 nitrogen and oxygen atoms in total. The molecule has 0 aliphatic carbocycles. The van der Waals surface area contributed by atoms with Crippen LogP contribution in [0.1, 0.15) is 28.8 Å². The average Bonchev–Trinajstić information content (AvgIpc) is 2.38. The van der Waals surface area contributed by atoms with E-state index in [9.17, 15) is 9.18 Å². The maximum Gasteiger partial charge on any atom is 0.256 e. The summed E-state index contributed by atoms with van der Waals surface area (Å²) in [5.74, 6) is -0.786. The topological polar surface area (TPSA) is 52.9 Å². The molecule has 0 aromatic heterocycles. The largest absolute Gasteiger partial charge is 0.411 e. The predicted molar refractivity (Wildman–Crippen MR) is 65.5 cm³/mol. The summed E-state index contributed by atoms with van der Waals surface area (Å²) in [7, 11) is 0. The summed E-state index contributed by atoms with van der Waals surface area (Å²) in [6, 6.07) is 4.60. The Bertz CT molecular complexity index is 490. The van der Waals surface area contributed by atoms with E-state index in [4.69, 9.17) is 5.21 Å². The maximum atomic E-state index is 13.7. The summed E-state index contributed by atoms with van der Waals surface area (Å²) >= 11 is 0. The van der Waals surface area contributed by atoms with E-state index in [1.807, 2.05) is 0 Å². The standard InChI is InChI=1S/C13H15FN2O2/c1-9-2-3-11(12(14)8-9)13(17)16-6-4-10(15-18)5-7-16/h2-3,8,18H,4-7H2,1H3. The van der Waals surface area contributed by atoms with Crippen molar-refractivity contribution >= 4 is 11.6 Å². The van der Waals surface area contributed by atoms with Crippen molar-refractivity contribution in [1.82, 2.24) is 4.90 Å². The second-order valence-electron chi connectivity index (χ2n) is 4.44. The highest BCUT2D eigenvalue weighted by Gasteiger charge is 2.23. The third-order valence-corrected chi connectivity index (χ3v) is 3.12. The molecule has 1 amide bonds. The van der Waals surface area contributed by atoms with Gasteiger partial charge in [0.05, 0.1) is 11.3 Å². The number of rotatable bonds is 1. The van der Waals surface area contributed by atoms with E-state index in [1.54, 1.807) is 17.9 Å². The van der Waals surface area contributed by atoms with Crippen LogP contribution in [0, 0.1) is 12.7 Å². The number of carbonyl (C=O) groups is 1. The molecule has 0 atom stereocenters. The minimum Gasteiger partial charge on any atom is -0.411 e. The van der Waals surface area contributed by atoms with Gasteiger partial charge in [0.1, 0.15) is 5.82 Å². The molecule has 1 N–H and O–H groups in total. The van der Waals surface area contributed by atoms with Gasteiger partial charge in [-0.05, 0) is 24.6 Å². The van der Waals surface area contributed by atoms with E-state index in [0.29, 0.717) is 31.6 Å². The summed E-state index contributed by atoms with van der Waals surface area (Å²) < 4.78 is 13.7. The molecule has 1 saturated heterocycles. The lowest BCUT2D eigenvalue weighted by Crippen LogP contribution is -2.39. The van der Waals surface area contributed by atoms with Gasteiger partial charge < -0.3 is 10.1 Å². The fraction of sp³-hybridized carbons (Fsp3) is 0.385. The van der Waals surface area contributed by atoms with Crippen molar-refractivity contribution in [2.75, 3.05) is 13.1 Å². The molecular formula is C13H15FN2O2. The molecule has 0 unspecified atom stereocenters. The van der Waals surface area contributed by atoms with Crippen molar-refractivity contribution < 1.29 is 14.4 Å². The van der Waals surface area contributed by atoms with Crippen LogP contribution in [0.2, 0.25) is 0 Å². The highest BCUT2D eigenvalue weighted by Crippen LogP contribution is 2.15. The lowest BCUT2D eigenvalue weighted by Gasteiger charge is -2.27. The Morgan fingerprint density at radius 1 is 1.39 bits per heavy atom. The Labute approximate surface area is 105 Å².